The number of fused-ring (bicyclic) bond motifs is 3. The fourth-order valence-corrected chi connectivity index (χ4v) is 4.78. The van der Waals surface area contributed by atoms with Crippen LogP contribution in [0.5, 0.6) is 5.75 Å². The maximum atomic E-state index is 6.58. The molecular weight excluding hydrogens is 355 g/mol. The smallest absolute Gasteiger partial charge is 0.119 e. The highest BCUT2D eigenvalue weighted by Crippen LogP contribution is 2.48. The van der Waals surface area contributed by atoms with Crippen molar-refractivity contribution in [1.82, 2.24) is 5.32 Å². The van der Waals surface area contributed by atoms with Crippen LogP contribution in [0, 0.1) is 0 Å². The van der Waals surface area contributed by atoms with Crippen LogP contribution < -0.4 is 15.0 Å². The molecule has 2 aromatic rings. The van der Waals surface area contributed by atoms with Crippen molar-refractivity contribution >= 4 is 28.9 Å². The first-order valence-electron chi connectivity index (χ1n) is 8.88. The summed E-state index contributed by atoms with van der Waals surface area (Å²) in [6, 6.07) is 14.4. The molecule has 2 heterocycles. The van der Waals surface area contributed by atoms with Crippen molar-refractivity contribution in [3.05, 3.63) is 58.1 Å². The first kappa shape index (κ1) is 17.0. The fraction of sp³-hybridized carbons (Fsp3) is 0.400. The number of hydrogen-bond donors (Lipinski definition) is 1. The predicted octanol–water partition coefficient (Wildman–Crippen LogP) is 4.73. The van der Waals surface area contributed by atoms with E-state index in [9.17, 15) is 0 Å². The highest BCUT2D eigenvalue weighted by molar-refractivity contribution is 6.35. The maximum absolute atomic E-state index is 6.58. The Morgan fingerprint density at radius 2 is 1.88 bits per heavy atom. The summed E-state index contributed by atoms with van der Waals surface area (Å²) < 4.78 is 5.93. The molecule has 2 aliphatic heterocycles. The Bertz CT molecular complexity index is 738. The number of para-hydroxylation sites is 1. The van der Waals surface area contributed by atoms with Crippen molar-refractivity contribution in [2.75, 3.05) is 31.1 Å². The number of halogens is 2. The number of benzene rings is 2. The molecule has 0 unspecified atom stereocenters. The van der Waals surface area contributed by atoms with Gasteiger partial charge < -0.3 is 15.0 Å². The molecule has 5 heteroatoms. The summed E-state index contributed by atoms with van der Waals surface area (Å²) in [6.45, 7) is 3.55. The first-order chi connectivity index (χ1) is 12.2. The van der Waals surface area contributed by atoms with E-state index in [2.05, 4.69) is 16.3 Å². The molecule has 1 N–H and O–H groups in total. The molecule has 0 saturated carbocycles. The normalized spacial score (nSPS) is 22.2. The minimum Gasteiger partial charge on any atom is -0.492 e. The van der Waals surface area contributed by atoms with Gasteiger partial charge in [-0.2, -0.15) is 0 Å². The van der Waals surface area contributed by atoms with E-state index in [4.69, 9.17) is 27.9 Å². The van der Waals surface area contributed by atoms with Crippen molar-refractivity contribution in [1.29, 1.82) is 0 Å². The molecule has 0 aliphatic carbocycles. The van der Waals surface area contributed by atoms with E-state index < -0.39 is 0 Å². The number of rotatable bonds is 4. The van der Waals surface area contributed by atoms with Crippen molar-refractivity contribution in [2.45, 2.75) is 24.8 Å². The number of nitrogens with zero attached hydrogens (tertiary/aromatic N) is 1. The van der Waals surface area contributed by atoms with E-state index in [1.165, 1.54) is 11.3 Å². The predicted molar refractivity (Wildman–Crippen MR) is 104 cm³/mol. The van der Waals surface area contributed by atoms with Crippen LogP contribution in [0.3, 0.4) is 0 Å². The molecule has 3 nitrogen and oxygen atoms in total. The summed E-state index contributed by atoms with van der Waals surface area (Å²) >= 11 is 12.9. The maximum Gasteiger partial charge on any atom is 0.119 e. The summed E-state index contributed by atoms with van der Waals surface area (Å²) in [7, 11) is 0. The van der Waals surface area contributed by atoms with Gasteiger partial charge in [-0.25, -0.2) is 0 Å². The summed E-state index contributed by atoms with van der Waals surface area (Å²) in [5.74, 6) is 1.37. The third-order valence-electron chi connectivity index (χ3n) is 5.21. The Kier molecular flexibility index (Phi) is 5.07. The van der Waals surface area contributed by atoms with Crippen molar-refractivity contribution in [3.63, 3.8) is 0 Å². The second-order valence-corrected chi connectivity index (χ2v) is 7.52. The molecule has 2 aliphatic rings. The SMILES string of the molecule is Clc1cc(Cl)c2c(c1)N(CCOc1ccccc1)[C@H]1CCNCC[C@H]21. The topological polar surface area (TPSA) is 24.5 Å². The van der Waals surface area contributed by atoms with Crippen LogP contribution in [0.4, 0.5) is 5.69 Å². The third kappa shape index (κ3) is 3.46. The average molecular weight is 377 g/mol. The quantitative estimate of drug-likeness (QED) is 0.834. The summed E-state index contributed by atoms with van der Waals surface area (Å²) in [5.41, 5.74) is 2.45. The molecule has 0 radical (unpaired) electrons. The zero-order valence-electron chi connectivity index (χ0n) is 14.1. The van der Waals surface area contributed by atoms with Crippen molar-refractivity contribution in [2.24, 2.45) is 0 Å². The van der Waals surface area contributed by atoms with Gasteiger partial charge in [0.05, 0.1) is 6.54 Å². The van der Waals surface area contributed by atoms with Crippen LogP contribution in [0.2, 0.25) is 10.0 Å². The van der Waals surface area contributed by atoms with E-state index in [0.717, 1.165) is 43.2 Å². The molecule has 1 saturated heterocycles. The number of ether oxygens (including phenoxy) is 1. The molecule has 4 rings (SSSR count). The number of anilines is 1. The minimum atomic E-state index is 0.459. The number of nitrogens with one attached hydrogen (secondary N) is 1. The molecule has 2 atom stereocenters. The van der Waals surface area contributed by atoms with Crippen LogP contribution in [0.15, 0.2) is 42.5 Å². The van der Waals surface area contributed by atoms with Crippen LogP contribution >= 0.6 is 23.2 Å². The van der Waals surface area contributed by atoms with Gasteiger partial charge in [-0.15, -0.1) is 0 Å². The van der Waals surface area contributed by atoms with Crippen LogP contribution in [0.1, 0.15) is 24.3 Å². The van der Waals surface area contributed by atoms with Crippen LogP contribution in [-0.4, -0.2) is 32.3 Å². The van der Waals surface area contributed by atoms with E-state index >= 15 is 0 Å². The second kappa shape index (κ2) is 7.45. The van der Waals surface area contributed by atoms with Gasteiger partial charge in [0.2, 0.25) is 0 Å². The van der Waals surface area contributed by atoms with E-state index in [-0.39, 0.29) is 0 Å². The zero-order valence-corrected chi connectivity index (χ0v) is 15.6. The average Bonchev–Trinajstić information content (AvgIpc) is 2.75. The second-order valence-electron chi connectivity index (χ2n) is 6.68. The highest BCUT2D eigenvalue weighted by atomic mass is 35.5. The van der Waals surface area contributed by atoms with Gasteiger partial charge in [-0.05, 0) is 55.8 Å². The molecule has 25 heavy (non-hydrogen) atoms. The lowest BCUT2D eigenvalue weighted by atomic mass is 9.91. The number of hydrogen-bond acceptors (Lipinski definition) is 3. The van der Waals surface area contributed by atoms with Crippen LogP contribution in [0.25, 0.3) is 0 Å². The van der Waals surface area contributed by atoms with Crippen LogP contribution in [-0.2, 0) is 0 Å². The summed E-state index contributed by atoms with van der Waals surface area (Å²) in [5, 5.41) is 5.01. The fourth-order valence-electron chi connectivity index (χ4n) is 4.16. The molecule has 0 amide bonds. The molecule has 132 valence electrons. The summed E-state index contributed by atoms with van der Waals surface area (Å²) in [6.07, 6.45) is 2.22. The van der Waals surface area contributed by atoms with Gasteiger partial charge in [-0.3, -0.25) is 0 Å². The Morgan fingerprint density at radius 1 is 1.08 bits per heavy atom. The lowest BCUT2D eigenvalue weighted by Gasteiger charge is -2.29. The lowest BCUT2D eigenvalue weighted by molar-refractivity contribution is 0.317. The standard InChI is InChI=1S/C20H22Cl2N2O/c21-14-12-17(22)20-16-6-8-23-9-7-18(16)24(19(20)13-14)10-11-25-15-4-2-1-3-5-15/h1-5,12-13,16,18,23H,6-11H2/t16-,18-/m0/s1. The van der Waals surface area contributed by atoms with Gasteiger partial charge in [0.15, 0.2) is 0 Å². The van der Waals surface area contributed by atoms with E-state index in [1.807, 2.05) is 36.4 Å². The monoisotopic (exact) mass is 376 g/mol. The molecule has 0 spiro atoms. The first-order valence-corrected chi connectivity index (χ1v) is 9.64. The van der Waals surface area contributed by atoms with Gasteiger partial charge in [0, 0.05) is 27.7 Å². The minimum absolute atomic E-state index is 0.459. The lowest BCUT2D eigenvalue weighted by Crippen LogP contribution is -2.37. The molecule has 0 aromatic heterocycles. The van der Waals surface area contributed by atoms with E-state index in [1.54, 1.807) is 0 Å². The van der Waals surface area contributed by atoms with Gasteiger partial charge in [0.25, 0.3) is 0 Å². The molecule has 2 aromatic carbocycles. The highest BCUT2D eigenvalue weighted by Gasteiger charge is 2.40. The van der Waals surface area contributed by atoms with Crippen molar-refractivity contribution < 1.29 is 4.74 Å². The molecule has 1 fully saturated rings. The van der Waals surface area contributed by atoms with E-state index in [0.29, 0.717) is 23.6 Å². The zero-order chi connectivity index (χ0) is 17.2. The Hall–Kier alpha value is -1.42. The van der Waals surface area contributed by atoms with Gasteiger partial charge in [-0.1, -0.05) is 41.4 Å². The molecule has 0 bridgehead atoms. The Labute approximate surface area is 158 Å². The van der Waals surface area contributed by atoms with Gasteiger partial charge in [0.1, 0.15) is 12.4 Å². The summed E-state index contributed by atoms with van der Waals surface area (Å²) in [4.78, 5) is 2.45. The Morgan fingerprint density at radius 3 is 2.72 bits per heavy atom. The molecular formula is C20H22Cl2N2O. The van der Waals surface area contributed by atoms with Gasteiger partial charge >= 0.3 is 0 Å². The Balaban J connectivity index is 1.57. The van der Waals surface area contributed by atoms with Crippen molar-refractivity contribution in [3.8, 4) is 5.75 Å². The largest absolute Gasteiger partial charge is 0.492 e. The third-order valence-corrected chi connectivity index (χ3v) is 5.74.